The van der Waals surface area contributed by atoms with Crippen LogP contribution in [0.3, 0.4) is 0 Å². The summed E-state index contributed by atoms with van der Waals surface area (Å²) in [6, 6.07) is 12.3. The molecule has 3 rings (SSSR count). The minimum Gasteiger partial charge on any atom is -0.497 e. The smallest absolute Gasteiger partial charge is 0.256 e. The minimum absolute atomic E-state index is 0.151. The van der Waals surface area contributed by atoms with Crippen LogP contribution in [0.4, 0.5) is 11.4 Å². The number of carbonyl (C=O) groups is 2. The van der Waals surface area contributed by atoms with Gasteiger partial charge in [0.1, 0.15) is 11.8 Å². The van der Waals surface area contributed by atoms with Crippen molar-refractivity contribution in [2.24, 2.45) is 0 Å². The summed E-state index contributed by atoms with van der Waals surface area (Å²) in [4.78, 5) is 26.2. The first kappa shape index (κ1) is 16.1. The number of rotatable bonds is 4. The minimum atomic E-state index is -0.542. The zero-order chi connectivity index (χ0) is 17.3. The maximum atomic E-state index is 12.7. The lowest BCUT2D eigenvalue weighted by molar-refractivity contribution is -0.121. The van der Waals surface area contributed by atoms with Crippen LogP contribution in [0, 0.1) is 13.8 Å². The van der Waals surface area contributed by atoms with E-state index in [0.29, 0.717) is 11.4 Å². The van der Waals surface area contributed by atoms with E-state index in [1.807, 2.05) is 32.0 Å². The number of hydrogen-bond acceptors (Lipinski definition) is 4. The van der Waals surface area contributed by atoms with E-state index in [1.54, 1.807) is 31.4 Å². The first-order valence-electron chi connectivity index (χ1n) is 7.85. The van der Waals surface area contributed by atoms with Crippen LogP contribution in [0.15, 0.2) is 42.5 Å². The number of carbonyl (C=O) groups excluding carboxylic acids is 2. The van der Waals surface area contributed by atoms with Crippen molar-refractivity contribution in [1.29, 1.82) is 0 Å². The van der Waals surface area contributed by atoms with Crippen LogP contribution in [0.5, 0.6) is 5.75 Å². The van der Waals surface area contributed by atoms with Gasteiger partial charge in [-0.05, 0) is 55.3 Å². The first-order valence-corrected chi connectivity index (χ1v) is 7.85. The Morgan fingerprint density at radius 1 is 1.08 bits per heavy atom. The number of aryl methyl sites for hydroxylation is 1. The monoisotopic (exact) mass is 324 g/mol. The molecule has 0 saturated carbocycles. The van der Waals surface area contributed by atoms with Crippen LogP contribution < -0.4 is 15.0 Å². The Kier molecular flexibility index (Phi) is 4.25. The number of imide groups is 1. The van der Waals surface area contributed by atoms with Gasteiger partial charge in [0.2, 0.25) is 5.91 Å². The third kappa shape index (κ3) is 2.85. The van der Waals surface area contributed by atoms with Crippen molar-refractivity contribution in [3.63, 3.8) is 0 Å². The van der Waals surface area contributed by atoms with Crippen LogP contribution >= 0.6 is 0 Å². The van der Waals surface area contributed by atoms with Crippen LogP contribution in [0.1, 0.15) is 17.5 Å². The summed E-state index contributed by atoms with van der Waals surface area (Å²) in [5.41, 5.74) is 3.68. The van der Waals surface area contributed by atoms with Gasteiger partial charge in [0.05, 0.1) is 19.2 Å². The molecule has 2 aromatic rings. The fourth-order valence-electron chi connectivity index (χ4n) is 2.84. The van der Waals surface area contributed by atoms with E-state index >= 15 is 0 Å². The zero-order valence-corrected chi connectivity index (χ0v) is 14.0. The molecule has 1 fully saturated rings. The molecule has 2 aromatic carbocycles. The van der Waals surface area contributed by atoms with Crippen molar-refractivity contribution in [1.82, 2.24) is 0 Å². The first-order chi connectivity index (χ1) is 11.5. The van der Waals surface area contributed by atoms with Crippen LogP contribution in [-0.4, -0.2) is 25.0 Å². The molecule has 1 unspecified atom stereocenters. The number of nitrogens with one attached hydrogen (secondary N) is 1. The molecule has 0 aliphatic carbocycles. The van der Waals surface area contributed by atoms with Gasteiger partial charge in [-0.1, -0.05) is 12.1 Å². The molecule has 5 nitrogen and oxygen atoms in total. The fraction of sp³-hybridized carbons (Fsp3) is 0.263. The largest absolute Gasteiger partial charge is 0.497 e. The van der Waals surface area contributed by atoms with Gasteiger partial charge in [-0.15, -0.1) is 0 Å². The average Bonchev–Trinajstić information content (AvgIpc) is 2.86. The molecular formula is C19H20N2O3. The lowest BCUT2D eigenvalue weighted by Crippen LogP contribution is -2.34. The summed E-state index contributed by atoms with van der Waals surface area (Å²) in [7, 11) is 1.57. The molecule has 0 radical (unpaired) electrons. The van der Waals surface area contributed by atoms with Crippen molar-refractivity contribution in [3.05, 3.63) is 53.6 Å². The number of methoxy groups -OCH3 is 1. The Labute approximate surface area is 141 Å². The molecule has 1 aliphatic heterocycles. The number of anilines is 2. The lowest BCUT2D eigenvalue weighted by Gasteiger charge is -2.18. The molecule has 5 heteroatoms. The second-order valence-electron chi connectivity index (χ2n) is 5.91. The van der Waals surface area contributed by atoms with E-state index < -0.39 is 6.04 Å². The Balaban J connectivity index is 1.82. The Bertz CT molecular complexity index is 784. The van der Waals surface area contributed by atoms with Crippen LogP contribution in [-0.2, 0) is 9.59 Å². The van der Waals surface area contributed by atoms with Gasteiger partial charge >= 0.3 is 0 Å². The summed E-state index contributed by atoms with van der Waals surface area (Å²) in [5.74, 6) is 0.252. The lowest BCUT2D eigenvalue weighted by atomic mass is 10.1. The summed E-state index contributed by atoms with van der Waals surface area (Å²) in [6.45, 7) is 4.02. The molecule has 1 aliphatic rings. The molecule has 1 saturated heterocycles. The van der Waals surface area contributed by atoms with Crippen molar-refractivity contribution in [2.45, 2.75) is 26.3 Å². The van der Waals surface area contributed by atoms with Gasteiger partial charge < -0.3 is 10.1 Å². The molecule has 0 aromatic heterocycles. The van der Waals surface area contributed by atoms with Gasteiger partial charge in [-0.25, -0.2) is 4.90 Å². The van der Waals surface area contributed by atoms with Crippen molar-refractivity contribution >= 4 is 23.2 Å². The number of nitrogens with zero attached hydrogens (tertiary/aromatic N) is 1. The van der Waals surface area contributed by atoms with Gasteiger partial charge in [-0.3, -0.25) is 9.59 Å². The average molecular weight is 324 g/mol. The summed E-state index contributed by atoms with van der Waals surface area (Å²) in [6.07, 6.45) is 0.151. The van der Waals surface area contributed by atoms with E-state index in [9.17, 15) is 9.59 Å². The molecular weight excluding hydrogens is 304 g/mol. The number of ether oxygens (including phenoxy) is 1. The highest BCUT2D eigenvalue weighted by Gasteiger charge is 2.39. The highest BCUT2D eigenvalue weighted by Crippen LogP contribution is 2.28. The van der Waals surface area contributed by atoms with Gasteiger partial charge in [0.15, 0.2) is 0 Å². The Morgan fingerprint density at radius 3 is 2.46 bits per heavy atom. The summed E-state index contributed by atoms with van der Waals surface area (Å²) in [5, 5.41) is 3.22. The highest BCUT2D eigenvalue weighted by molar-refractivity contribution is 6.23. The SMILES string of the molecule is COc1ccc(N2C(=O)CC(Nc3cccc(C)c3C)C2=O)cc1. The second-order valence-corrected chi connectivity index (χ2v) is 5.91. The predicted octanol–water partition coefficient (Wildman–Crippen LogP) is 3.06. The van der Waals surface area contributed by atoms with Gasteiger partial charge in [-0.2, -0.15) is 0 Å². The number of benzene rings is 2. The van der Waals surface area contributed by atoms with Crippen LogP contribution in [0.2, 0.25) is 0 Å². The van der Waals surface area contributed by atoms with E-state index in [0.717, 1.165) is 16.8 Å². The van der Waals surface area contributed by atoms with Gasteiger partial charge in [0.25, 0.3) is 5.91 Å². The second kappa shape index (κ2) is 6.35. The number of amides is 2. The van der Waals surface area contributed by atoms with E-state index in [2.05, 4.69) is 5.32 Å². The molecule has 1 N–H and O–H groups in total. The predicted molar refractivity (Wildman–Crippen MR) is 93.4 cm³/mol. The molecule has 0 spiro atoms. The van der Waals surface area contributed by atoms with E-state index in [-0.39, 0.29) is 18.2 Å². The van der Waals surface area contributed by atoms with Crippen LogP contribution in [0.25, 0.3) is 0 Å². The highest BCUT2D eigenvalue weighted by atomic mass is 16.5. The van der Waals surface area contributed by atoms with Crippen molar-refractivity contribution in [2.75, 3.05) is 17.3 Å². The van der Waals surface area contributed by atoms with Crippen molar-refractivity contribution < 1.29 is 14.3 Å². The molecule has 124 valence electrons. The normalized spacial score (nSPS) is 17.3. The molecule has 2 amide bonds. The van der Waals surface area contributed by atoms with Gasteiger partial charge in [0, 0.05) is 5.69 Å². The fourth-order valence-corrected chi connectivity index (χ4v) is 2.84. The molecule has 24 heavy (non-hydrogen) atoms. The summed E-state index contributed by atoms with van der Waals surface area (Å²) < 4.78 is 5.11. The third-order valence-corrected chi connectivity index (χ3v) is 4.41. The Morgan fingerprint density at radius 2 is 1.79 bits per heavy atom. The Hall–Kier alpha value is -2.82. The quantitative estimate of drug-likeness (QED) is 0.878. The molecule has 1 atom stereocenters. The molecule has 1 heterocycles. The number of hydrogen-bond donors (Lipinski definition) is 1. The maximum absolute atomic E-state index is 12.7. The zero-order valence-electron chi connectivity index (χ0n) is 14.0. The van der Waals surface area contributed by atoms with E-state index in [4.69, 9.17) is 4.74 Å². The van der Waals surface area contributed by atoms with E-state index in [1.165, 1.54) is 4.90 Å². The summed E-state index contributed by atoms with van der Waals surface area (Å²) >= 11 is 0. The standard InChI is InChI=1S/C19H20N2O3/c1-12-5-4-6-16(13(12)2)20-17-11-18(22)21(19(17)23)14-7-9-15(24-3)10-8-14/h4-10,17,20H,11H2,1-3H3. The maximum Gasteiger partial charge on any atom is 0.256 e. The molecule has 0 bridgehead atoms. The topological polar surface area (TPSA) is 58.6 Å². The third-order valence-electron chi connectivity index (χ3n) is 4.41. The van der Waals surface area contributed by atoms with Crippen molar-refractivity contribution in [3.8, 4) is 5.75 Å².